The van der Waals surface area contributed by atoms with Crippen molar-refractivity contribution in [3.8, 4) is 0 Å². The molecule has 0 aliphatic rings. The molecule has 24 heavy (non-hydrogen) atoms. The van der Waals surface area contributed by atoms with Gasteiger partial charge in [-0.2, -0.15) is 0 Å². The van der Waals surface area contributed by atoms with Crippen LogP contribution in [0.25, 0.3) is 0 Å². The fourth-order valence-electron chi connectivity index (χ4n) is 2.18. The molecule has 2 rings (SSSR count). The fourth-order valence-corrected chi connectivity index (χ4v) is 2.18. The second kappa shape index (κ2) is 9.34. The van der Waals surface area contributed by atoms with Crippen molar-refractivity contribution in [2.75, 3.05) is 19.6 Å². The quantitative estimate of drug-likeness (QED) is 0.784. The van der Waals surface area contributed by atoms with Gasteiger partial charge in [0.2, 0.25) is 5.91 Å². The number of hydrogen-bond acceptors (Lipinski definition) is 5. The zero-order chi connectivity index (χ0) is 17.2. The topological polar surface area (TPSA) is 88.1 Å². The van der Waals surface area contributed by atoms with Gasteiger partial charge in [-0.05, 0) is 19.1 Å². The van der Waals surface area contributed by atoms with Gasteiger partial charge in [-0.25, -0.2) is 4.98 Å². The smallest absolute Gasteiger partial charge is 0.274 e. The molecule has 0 fully saturated rings. The number of carbonyl (C=O) groups is 2. The van der Waals surface area contributed by atoms with Crippen molar-refractivity contribution in [3.05, 3.63) is 54.4 Å². The molecule has 0 bridgehead atoms. The van der Waals surface area contributed by atoms with Crippen LogP contribution in [0.3, 0.4) is 0 Å². The van der Waals surface area contributed by atoms with E-state index in [-0.39, 0.29) is 23.9 Å². The van der Waals surface area contributed by atoms with Crippen LogP contribution in [0.4, 0.5) is 0 Å². The molecule has 0 atom stereocenters. The SMILES string of the molecule is CCN(CCC(=O)NCCc1ccccn1)C(=O)c1cnccn1. The summed E-state index contributed by atoms with van der Waals surface area (Å²) in [5, 5.41) is 2.84. The van der Waals surface area contributed by atoms with Crippen molar-refractivity contribution in [2.24, 2.45) is 0 Å². The third-order valence-electron chi connectivity index (χ3n) is 3.49. The predicted octanol–water partition coefficient (Wildman–Crippen LogP) is 1.08. The van der Waals surface area contributed by atoms with Crippen molar-refractivity contribution < 1.29 is 9.59 Å². The highest BCUT2D eigenvalue weighted by atomic mass is 16.2. The molecule has 0 aliphatic heterocycles. The number of rotatable bonds is 8. The van der Waals surface area contributed by atoms with E-state index in [2.05, 4.69) is 20.3 Å². The lowest BCUT2D eigenvalue weighted by Crippen LogP contribution is -2.36. The summed E-state index contributed by atoms with van der Waals surface area (Å²) in [6.07, 6.45) is 7.09. The minimum absolute atomic E-state index is 0.0867. The van der Waals surface area contributed by atoms with Gasteiger partial charge in [0.15, 0.2) is 0 Å². The molecule has 126 valence electrons. The average molecular weight is 327 g/mol. The van der Waals surface area contributed by atoms with Gasteiger partial charge in [0.25, 0.3) is 5.91 Å². The van der Waals surface area contributed by atoms with E-state index in [0.29, 0.717) is 26.1 Å². The van der Waals surface area contributed by atoms with Crippen LogP contribution < -0.4 is 5.32 Å². The molecular formula is C17H21N5O2. The van der Waals surface area contributed by atoms with Crippen LogP contribution in [0, 0.1) is 0 Å². The fraction of sp³-hybridized carbons (Fsp3) is 0.353. The van der Waals surface area contributed by atoms with Gasteiger partial charge < -0.3 is 10.2 Å². The maximum absolute atomic E-state index is 12.3. The third kappa shape index (κ3) is 5.42. The van der Waals surface area contributed by atoms with Gasteiger partial charge in [0, 0.05) is 56.8 Å². The van der Waals surface area contributed by atoms with Crippen LogP contribution >= 0.6 is 0 Å². The summed E-state index contributed by atoms with van der Waals surface area (Å²) in [6, 6.07) is 5.70. The van der Waals surface area contributed by atoms with Crippen LogP contribution in [-0.2, 0) is 11.2 Å². The minimum atomic E-state index is -0.216. The van der Waals surface area contributed by atoms with E-state index in [9.17, 15) is 9.59 Å². The standard InChI is InChI=1S/C17H21N5O2/c1-2-22(17(24)15-13-18-10-11-20-15)12-7-16(23)21-9-6-14-5-3-4-8-19-14/h3-5,8,10-11,13H,2,6-7,9,12H2,1H3,(H,21,23). The molecular weight excluding hydrogens is 306 g/mol. The molecule has 7 heteroatoms. The molecule has 2 amide bonds. The van der Waals surface area contributed by atoms with Gasteiger partial charge >= 0.3 is 0 Å². The normalized spacial score (nSPS) is 10.2. The maximum Gasteiger partial charge on any atom is 0.274 e. The average Bonchev–Trinajstić information content (AvgIpc) is 2.63. The Balaban J connectivity index is 1.74. The monoisotopic (exact) mass is 327 g/mol. The molecule has 2 aromatic heterocycles. The van der Waals surface area contributed by atoms with E-state index in [1.165, 1.54) is 18.6 Å². The molecule has 0 radical (unpaired) electrons. The zero-order valence-electron chi connectivity index (χ0n) is 13.7. The van der Waals surface area contributed by atoms with Gasteiger partial charge in [-0.1, -0.05) is 6.07 Å². The predicted molar refractivity (Wildman–Crippen MR) is 89.2 cm³/mol. The summed E-state index contributed by atoms with van der Waals surface area (Å²) in [5.41, 5.74) is 1.22. The number of nitrogens with one attached hydrogen (secondary N) is 1. The summed E-state index contributed by atoms with van der Waals surface area (Å²) in [6.45, 7) is 3.26. The van der Waals surface area contributed by atoms with Crippen LogP contribution in [0.15, 0.2) is 43.0 Å². The van der Waals surface area contributed by atoms with Crippen LogP contribution in [0.1, 0.15) is 29.5 Å². The van der Waals surface area contributed by atoms with E-state index in [1.54, 1.807) is 11.1 Å². The lowest BCUT2D eigenvalue weighted by atomic mass is 10.2. The molecule has 2 heterocycles. The van der Waals surface area contributed by atoms with Crippen molar-refractivity contribution in [1.29, 1.82) is 0 Å². The Morgan fingerprint density at radius 3 is 2.71 bits per heavy atom. The summed E-state index contributed by atoms with van der Waals surface area (Å²) in [7, 11) is 0. The largest absolute Gasteiger partial charge is 0.356 e. The van der Waals surface area contributed by atoms with Gasteiger partial charge in [0.05, 0.1) is 6.20 Å². The molecule has 0 spiro atoms. The molecule has 0 saturated carbocycles. The van der Waals surface area contributed by atoms with Crippen molar-refractivity contribution in [1.82, 2.24) is 25.2 Å². The van der Waals surface area contributed by atoms with E-state index < -0.39 is 0 Å². The Hall–Kier alpha value is -2.83. The molecule has 0 aliphatic carbocycles. The molecule has 0 saturated heterocycles. The Morgan fingerprint density at radius 1 is 1.17 bits per heavy atom. The number of hydrogen-bond donors (Lipinski definition) is 1. The number of carbonyl (C=O) groups excluding carboxylic acids is 2. The number of amides is 2. The van der Waals surface area contributed by atoms with E-state index in [0.717, 1.165) is 5.69 Å². The number of aromatic nitrogens is 3. The number of pyridine rings is 1. The summed E-state index contributed by atoms with van der Waals surface area (Å²) < 4.78 is 0. The number of nitrogens with zero attached hydrogens (tertiary/aromatic N) is 4. The molecule has 2 aromatic rings. The summed E-state index contributed by atoms with van der Waals surface area (Å²) in [4.78, 5) is 37.9. The highest BCUT2D eigenvalue weighted by Crippen LogP contribution is 2.01. The van der Waals surface area contributed by atoms with E-state index >= 15 is 0 Å². The summed E-state index contributed by atoms with van der Waals surface area (Å²) in [5.74, 6) is -0.303. The second-order valence-corrected chi connectivity index (χ2v) is 5.15. The second-order valence-electron chi connectivity index (χ2n) is 5.15. The first-order chi connectivity index (χ1) is 11.7. The first-order valence-electron chi connectivity index (χ1n) is 7.92. The lowest BCUT2D eigenvalue weighted by Gasteiger charge is -2.19. The molecule has 0 unspecified atom stereocenters. The van der Waals surface area contributed by atoms with E-state index in [4.69, 9.17) is 0 Å². The maximum atomic E-state index is 12.3. The first kappa shape index (κ1) is 17.5. The van der Waals surface area contributed by atoms with Crippen LogP contribution in [-0.4, -0.2) is 51.3 Å². The van der Waals surface area contributed by atoms with Crippen molar-refractivity contribution >= 4 is 11.8 Å². The highest BCUT2D eigenvalue weighted by molar-refractivity contribution is 5.92. The summed E-state index contributed by atoms with van der Waals surface area (Å²) >= 11 is 0. The highest BCUT2D eigenvalue weighted by Gasteiger charge is 2.16. The van der Waals surface area contributed by atoms with Crippen LogP contribution in [0.2, 0.25) is 0 Å². The molecule has 0 aromatic carbocycles. The van der Waals surface area contributed by atoms with Crippen LogP contribution in [0.5, 0.6) is 0 Å². The van der Waals surface area contributed by atoms with Crippen molar-refractivity contribution in [3.63, 3.8) is 0 Å². The van der Waals surface area contributed by atoms with Gasteiger partial charge in [-0.3, -0.25) is 19.6 Å². The van der Waals surface area contributed by atoms with Crippen molar-refractivity contribution in [2.45, 2.75) is 19.8 Å². The molecule has 7 nitrogen and oxygen atoms in total. The van der Waals surface area contributed by atoms with E-state index in [1.807, 2.05) is 25.1 Å². The Labute approximate surface area is 141 Å². The first-order valence-corrected chi connectivity index (χ1v) is 7.92. The van der Waals surface area contributed by atoms with Gasteiger partial charge in [-0.15, -0.1) is 0 Å². The lowest BCUT2D eigenvalue weighted by molar-refractivity contribution is -0.121. The Kier molecular flexibility index (Phi) is 6.82. The zero-order valence-corrected chi connectivity index (χ0v) is 13.7. The Bertz CT molecular complexity index is 649. The Morgan fingerprint density at radius 2 is 2.04 bits per heavy atom. The minimum Gasteiger partial charge on any atom is -0.356 e. The van der Waals surface area contributed by atoms with Gasteiger partial charge in [0.1, 0.15) is 5.69 Å². The third-order valence-corrected chi connectivity index (χ3v) is 3.49. The molecule has 1 N–H and O–H groups in total.